The van der Waals surface area contributed by atoms with Gasteiger partial charge in [0.05, 0.1) is 5.52 Å². The average Bonchev–Trinajstić information content (AvgIpc) is 3.21. The van der Waals surface area contributed by atoms with Gasteiger partial charge in [0.15, 0.2) is 0 Å². The summed E-state index contributed by atoms with van der Waals surface area (Å²) in [6, 6.07) is 4.65. The van der Waals surface area contributed by atoms with Gasteiger partial charge in [-0.15, -0.1) is 0 Å². The minimum atomic E-state index is 0.902. The Hall–Kier alpha value is -1.68. The van der Waals surface area contributed by atoms with Gasteiger partial charge in [-0.2, -0.15) is 0 Å². The molecule has 0 aliphatic carbocycles. The second-order valence-electron chi connectivity index (χ2n) is 8.17. The average molecular weight is 353 g/mol. The number of nitrogens with zero attached hydrogens (tertiary/aromatic N) is 4. The molecule has 4 nitrogen and oxygen atoms in total. The summed E-state index contributed by atoms with van der Waals surface area (Å²) in [5.74, 6) is 1.81. The van der Waals surface area contributed by atoms with Gasteiger partial charge in [-0.1, -0.05) is 13.8 Å². The highest BCUT2D eigenvalue weighted by atomic mass is 15.3. The van der Waals surface area contributed by atoms with Gasteiger partial charge in [-0.25, -0.2) is 9.97 Å². The maximum atomic E-state index is 4.90. The molecule has 0 bridgehead atoms. The summed E-state index contributed by atoms with van der Waals surface area (Å²) in [5.41, 5.74) is 4.05. The Balaban J connectivity index is 1.54. The predicted molar refractivity (Wildman–Crippen MR) is 109 cm³/mol. The van der Waals surface area contributed by atoms with Crippen molar-refractivity contribution in [2.24, 2.45) is 5.92 Å². The van der Waals surface area contributed by atoms with E-state index < -0.39 is 0 Å². The third-order valence-corrected chi connectivity index (χ3v) is 6.23. The summed E-state index contributed by atoms with van der Waals surface area (Å²) in [6.07, 6.45) is 9.46. The zero-order valence-corrected chi connectivity index (χ0v) is 16.4. The van der Waals surface area contributed by atoms with Crippen LogP contribution in [0.1, 0.15) is 50.7 Å². The number of fused-ring (bicyclic) bond motifs is 1. The number of hydrogen-bond donors (Lipinski definition) is 0. The number of anilines is 1. The molecule has 0 saturated carbocycles. The third-order valence-electron chi connectivity index (χ3n) is 6.23. The van der Waals surface area contributed by atoms with Crippen LogP contribution < -0.4 is 4.90 Å². The summed E-state index contributed by atoms with van der Waals surface area (Å²) in [6.45, 7) is 10.5. The maximum absolute atomic E-state index is 4.90. The van der Waals surface area contributed by atoms with Crippen LogP contribution in [0.25, 0.3) is 10.9 Å². The summed E-state index contributed by atoms with van der Waals surface area (Å²) in [4.78, 5) is 14.5. The number of hydrogen-bond acceptors (Lipinski definition) is 4. The van der Waals surface area contributed by atoms with Crippen molar-refractivity contribution in [1.82, 2.24) is 14.9 Å². The lowest BCUT2D eigenvalue weighted by atomic mass is 9.97. The minimum absolute atomic E-state index is 0.902. The first-order valence-corrected chi connectivity index (χ1v) is 10.5. The molecule has 1 aromatic heterocycles. The van der Waals surface area contributed by atoms with Gasteiger partial charge >= 0.3 is 0 Å². The van der Waals surface area contributed by atoms with E-state index in [9.17, 15) is 0 Å². The van der Waals surface area contributed by atoms with Crippen molar-refractivity contribution in [3.05, 3.63) is 29.5 Å². The Morgan fingerprint density at radius 3 is 2.54 bits per heavy atom. The van der Waals surface area contributed by atoms with Crippen LogP contribution in [0, 0.1) is 5.92 Å². The van der Waals surface area contributed by atoms with E-state index in [1.54, 1.807) is 0 Å². The van der Waals surface area contributed by atoms with E-state index in [0.717, 1.165) is 43.3 Å². The number of likely N-dealkylation sites (tertiary alicyclic amines) is 1. The zero-order valence-electron chi connectivity index (χ0n) is 16.4. The molecule has 0 radical (unpaired) electrons. The van der Waals surface area contributed by atoms with E-state index in [2.05, 4.69) is 40.8 Å². The number of rotatable bonds is 5. The fourth-order valence-corrected chi connectivity index (χ4v) is 4.36. The van der Waals surface area contributed by atoms with Crippen molar-refractivity contribution in [1.29, 1.82) is 0 Å². The van der Waals surface area contributed by atoms with Crippen LogP contribution in [0.5, 0.6) is 0 Å². The van der Waals surface area contributed by atoms with Crippen molar-refractivity contribution in [2.45, 2.75) is 52.4 Å². The Bertz CT molecular complexity index is 743. The quantitative estimate of drug-likeness (QED) is 0.812. The predicted octanol–water partition coefficient (Wildman–Crippen LogP) is 4.07. The van der Waals surface area contributed by atoms with Crippen molar-refractivity contribution in [3.8, 4) is 0 Å². The first-order valence-electron chi connectivity index (χ1n) is 10.5. The third kappa shape index (κ3) is 3.85. The van der Waals surface area contributed by atoms with Crippen LogP contribution in [-0.2, 0) is 12.8 Å². The van der Waals surface area contributed by atoms with Gasteiger partial charge in [-0.3, -0.25) is 0 Å². The van der Waals surface area contributed by atoms with Crippen LogP contribution >= 0.6 is 0 Å². The first-order chi connectivity index (χ1) is 12.7. The van der Waals surface area contributed by atoms with Gasteiger partial charge in [-0.05, 0) is 80.8 Å². The van der Waals surface area contributed by atoms with Crippen molar-refractivity contribution < 1.29 is 0 Å². The Morgan fingerprint density at radius 2 is 1.81 bits per heavy atom. The molecule has 2 saturated heterocycles. The molecule has 140 valence electrons. The maximum Gasteiger partial charge on any atom is 0.225 e. The number of aromatic nitrogens is 2. The molecule has 3 heterocycles. The van der Waals surface area contributed by atoms with Crippen LogP contribution in [-0.4, -0.2) is 47.6 Å². The molecule has 26 heavy (non-hydrogen) atoms. The largest absolute Gasteiger partial charge is 0.341 e. The second-order valence-corrected chi connectivity index (χ2v) is 8.17. The highest BCUT2D eigenvalue weighted by Gasteiger charge is 2.17. The summed E-state index contributed by atoms with van der Waals surface area (Å²) in [5, 5.41) is 1.18. The van der Waals surface area contributed by atoms with Crippen LogP contribution in [0.3, 0.4) is 0 Å². The van der Waals surface area contributed by atoms with Crippen molar-refractivity contribution in [2.75, 3.05) is 37.6 Å². The number of aryl methyl sites for hydroxylation is 1. The molecule has 2 aromatic rings. The van der Waals surface area contributed by atoms with Crippen LogP contribution in [0.2, 0.25) is 0 Å². The first kappa shape index (κ1) is 17.7. The molecule has 2 aliphatic rings. The second kappa shape index (κ2) is 7.91. The number of benzene rings is 1. The van der Waals surface area contributed by atoms with Gasteiger partial charge in [0.25, 0.3) is 0 Å². The summed E-state index contributed by atoms with van der Waals surface area (Å²) < 4.78 is 0. The van der Waals surface area contributed by atoms with E-state index in [1.165, 1.54) is 61.8 Å². The molecule has 2 aliphatic heterocycles. The standard InChI is InChI=1S/C22H32N4/c1-3-18-14-20-16-23-22(26-9-4-5-10-26)24-21(20)15-19(18)8-13-25-11-6-17(2)7-12-25/h14-17H,3-13H2,1-2H3. The lowest BCUT2D eigenvalue weighted by Gasteiger charge is -2.30. The van der Waals surface area contributed by atoms with E-state index >= 15 is 0 Å². The Kier molecular flexibility index (Phi) is 5.39. The topological polar surface area (TPSA) is 32.3 Å². The normalized spacial score (nSPS) is 19.5. The van der Waals surface area contributed by atoms with Crippen LogP contribution in [0.15, 0.2) is 18.3 Å². The van der Waals surface area contributed by atoms with E-state index in [1.807, 2.05) is 6.20 Å². The Labute approximate surface area is 157 Å². The van der Waals surface area contributed by atoms with E-state index in [-0.39, 0.29) is 0 Å². The molecule has 0 amide bonds. The van der Waals surface area contributed by atoms with E-state index in [4.69, 9.17) is 4.98 Å². The van der Waals surface area contributed by atoms with Crippen LogP contribution in [0.4, 0.5) is 5.95 Å². The monoisotopic (exact) mass is 352 g/mol. The molecule has 0 unspecified atom stereocenters. The smallest absolute Gasteiger partial charge is 0.225 e. The molecule has 1 aromatic carbocycles. The molecule has 0 N–H and O–H groups in total. The number of piperidine rings is 1. The molecular formula is C22H32N4. The zero-order chi connectivity index (χ0) is 17.9. The van der Waals surface area contributed by atoms with E-state index in [0.29, 0.717) is 0 Å². The molecule has 0 spiro atoms. The molecule has 2 fully saturated rings. The van der Waals surface area contributed by atoms with Gasteiger partial charge in [0.1, 0.15) is 0 Å². The van der Waals surface area contributed by atoms with Gasteiger partial charge in [0.2, 0.25) is 5.95 Å². The lowest BCUT2D eigenvalue weighted by molar-refractivity contribution is 0.194. The summed E-state index contributed by atoms with van der Waals surface area (Å²) >= 11 is 0. The van der Waals surface area contributed by atoms with Crippen molar-refractivity contribution >= 4 is 16.9 Å². The van der Waals surface area contributed by atoms with Crippen molar-refractivity contribution in [3.63, 3.8) is 0 Å². The minimum Gasteiger partial charge on any atom is -0.341 e. The van der Waals surface area contributed by atoms with Gasteiger partial charge in [0, 0.05) is 31.2 Å². The summed E-state index contributed by atoms with van der Waals surface area (Å²) in [7, 11) is 0. The highest BCUT2D eigenvalue weighted by Crippen LogP contribution is 2.24. The van der Waals surface area contributed by atoms with Gasteiger partial charge < -0.3 is 9.80 Å². The fraction of sp³-hybridized carbons (Fsp3) is 0.636. The highest BCUT2D eigenvalue weighted by molar-refractivity contribution is 5.80. The fourth-order valence-electron chi connectivity index (χ4n) is 4.36. The SMILES string of the molecule is CCc1cc2cnc(N3CCCC3)nc2cc1CCN1CCC(C)CC1. The molecular weight excluding hydrogens is 320 g/mol. The molecule has 0 atom stereocenters. The lowest BCUT2D eigenvalue weighted by Crippen LogP contribution is -2.34. The molecule has 4 heteroatoms. The Morgan fingerprint density at radius 1 is 1.04 bits per heavy atom. The molecule has 4 rings (SSSR count).